The first-order valence-corrected chi connectivity index (χ1v) is 8.49. The van der Waals surface area contributed by atoms with Gasteiger partial charge in [0, 0.05) is 17.2 Å². The van der Waals surface area contributed by atoms with Crippen LogP contribution in [0.5, 0.6) is 5.75 Å². The van der Waals surface area contributed by atoms with Gasteiger partial charge in [0.25, 0.3) is 5.91 Å². The van der Waals surface area contributed by atoms with E-state index < -0.39 is 29.7 Å². The molecule has 1 aromatic heterocycles. The van der Waals surface area contributed by atoms with Gasteiger partial charge in [-0.2, -0.15) is 0 Å². The lowest BCUT2D eigenvalue weighted by Crippen LogP contribution is -2.27. The third-order valence-electron chi connectivity index (χ3n) is 3.78. The molecule has 0 radical (unpaired) electrons. The van der Waals surface area contributed by atoms with Crippen molar-refractivity contribution in [2.24, 2.45) is 0 Å². The van der Waals surface area contributed by atoms with Crippen LogP contribution in [0.1, 0.15) is 16.1 Å². The Balaban J connectivity index is 1.81. The molecule has 0 unspecified atom stereocenters. The van der Waals surface area contributed by atoms with E-state index in [-0.39, 0.29) is 17.1 Å². The standard InChI is InChI=1S/C21H14F3NO5/c22-21(23,24)30-16-8-4-7-14(11-16)18-10-9-15(29-18)12-17(20(27)28)25-19(26)13-5-2-1-3-6-13/h1-12H,(H,25,26)(H,27,28). The number of amides is 1. The van der Waals surface area contributed by atoms with E-state index in [9.17, 15) is 27.9 Å². The highest BCUT2D eigenvalue weighted by atomic mass is 19.4. The number of carboxylic acids is 1. The minimum atomic E-state index is -4.83. The van der Waals surface area contributed by atoms with Gasteiger partial charge in [-0.15, -0.1) is 13.2 Å². The summed E-state index contributed by atoms with van der Waals surface area (Å²) in [6.07, 6.45) is -3.73. The molecule has 0 aliphatic heterocycles. The lowest BCUT2D eigenvalue weighted by molar-refractivity contribution is -0.274. The van der Waals surface area contributed by atoms with E-state index in [0.717, 1.165) is 18.2 Å². The lowest BCUT2D eigenvalue weighted by atomic mass is 10.1. The van der Waals surface area contributed by atoms with E-state index >= 15 is 0 Å². The molecule has 0 atom stereocenters. The van der Waals surface area contributed by atoms with Gasteiger partial charge < -0.3 is 19.6 Å². The number of furan rings is 1. The van der Waals surface area contributed by atoms with Crippen LogP contribution in [-0.2, 0) is 4.79 Å². The highest BCUT2D eigenvalue weighted by molar-refractivity contribution is 6.02. The van der Waals surface area contributed by atoms with E-state index in [1.54, 1.807) is 18.2 Å². The number of nitrogens with one attached hydrogen (secondary N) is 1. The van der Waals surface area contributed by atoms with Crippen molar-refractivity contribution in [3.8, 4) is 17.1 Å². The monoisotopic (exact) mass is 417 g/mol. The fourth-order valence-corrected chi connectivity index (χ4v) is 2.51. The number of rotatable bonds is 6. The molecule has 0 saturated carbocycles. The van der Waals surface area contributed by atoms with Gasteiger partial charge in [-0.1, -0.05) is 30.3 Å². The minimum Gasteiger partial charge on any atom is -0.477 e. The van der Waals surface area contributed by atoms with Crippen LogP contribution in [0.25, 0.3) is 17.4 Å². The van der Waals surface area contributed by atoms with E-state index in [1.807, 2.05) is 0 Å². The molecule has 3 rings (SSSR count). The summed E-state index contributed by atoms with van der Waals surface area (Å²) in [6, 6.07) is 16.0. The Labute approximate surface area is 168 Å². The molecule has 0 fully saturated rings. The molecule has 0 bridgehead atoms. The molecule has 9 heteroatoms. The summed E-state index contributed by atoms with van der Waals surface area (Å²) < 4.78 is 46.5. The SMILES string of the molecule is O=C(O)C(=Cc1ccc(-c2cccc(OC(F)(F)F)c2)o1)NC(=O)c1ccccc1. The van der Waals surface area contributed by atoms with Crippen LogP contribution in [0.3, 0.4) is 0 Å². The van der Waals surface area contributed by atoms with Crippen LogP contribution < -0.4 is 10.1 Å². The van der Waals surface area contributed by atoms with Gasteiger partial charge in [0.15, 0.2) is 0 Å². The average Bonchev–Trinajstić information content (AvgIpc) is 3.15. The first kappa shape index (κ1) is 20.7. The fourth-order valence-electron chi connectivity index (χ4n) is 2.51. The summed E-state index contributed by atoms with van der Waals surface area (Å²) in [5.74, 6) is -2.16. The molecule has 2 N–H and O–H groups in total. The second-order valence-electron chi connectivity index (χ2n) is 5.96. The zero-order chi connectivity index (χ0) is 21.7. The van der Waals surface area contributed by atoms with Gasteiger partial charge in [0.1, 0.15) is 23.0 Å². The minimum absolute atomic E-state index is 0.0814. The zero-order valence-electron chi connectivity index (χ0n) is 15.1. The van der Waals surface area contributed by atoms with Gasteiger partial charge in [-0.3, -0.25) is 4.79 Å². The number of benzene rings is 2. The molecular formula is C21H14F3NO5. The van der Waals surface area contributed by atoms with Gasteiger partial charge in [-0.05, 0) is 36.4 Å². The number of carbonyl (C=O) groups is 2. The Kier molecular flexibility index (Phi) is 5.91. The number of carbonyl (C=O) groups excluding carboxylic acids is 1. The topological polar surface area (TPSA) is 88.8 Å². The Morgan fingerprint density at radius 1 is 1.00 bits per heavy atom. The summed E-state index contributed by atoms with van der Waals surface area (Å²) in [5.41, 5.74) is 0.131. The Morgan fingerprint density at radius 3 is 2.40 bits per heavy atom. The zero-order valence-corrected chi connectivity index (χ0v) is 15.1. The number of hydrogen-bond donors (Lipinski definition) is 2. The second kappa shape index (κ2) is 8.56. The van der Waals surface area contributed by atoms with Crippen LogP contribution in [-0.4, -0.2) is 23.3 Å². The second-order valence-corrected chi connectivity index (χ2v) is 5.96. The molecule has 0 saturated heterocycles. The van der Waals surface area contributed by atoms with Crippen molar-refractivity contribution >= 4 is 18.0 Å². The quantitative estimate of drug-likeness (QED) is 0.568. The van der Waals surface area contributed by atoms with Gasteiger partial charge in [-0.25, -0.2) is 4.79 Å². The number of hydrogen-bond acceptors (Lipinski definition) is 4. The normalized spacial score (nSPS) is 11.8. The maximum atomic E-state index is 12.4. The predicted molar refractivity (Wildman–Crippen MR) is 100 cm³/mol. The van der Waals surface area contributed by atoms with Crippen molar-refractivity contribution in [2.45, 2.75) is 6.36 Å². The largest absolute Gasteiger partial charge is 0.573 e. The smallest absolute Gasteiger partial charge is 0.477 e. The third kappa shape index (κ3) is 5.51. The van der Waals surface area contributed by atoms with Crippen molar-refractivity contribution in [2.75, 3.05) is 0 Å². The van der Waals surface area contributed by atoms with E-state index in [0.29, 0.717) is 5.56 Å². The Morgan fingerprint density at radius 2 is 1.73 bits per heavy atom. The molecule has 6 nitrogen and oxygen atoms in total. The number of halogens is 3. The van der Waals surface area contributed by atoms with E-state index in [4.69, 9.17) is 4.42 Å². The maximum absolute atomic E-state index is 12.4. The number of aliphatic carboxylic acids is 1. The Bertz CT molecular complexity index is 1090. The molecule has 2 aromatic carbocycles. The molecular weight excluding hydrogens is 403 g/mol. The van der Waals surface area contributed by atoms with Crippen molar-refractivity contribution in [3.63, 3.8) is 0 Å². The van der Waals surface area contributed by atoms with E-state index in [2.05, 4.69) is 10.1 Å². The highest BCUT2D eigenvalue weighted by Crippen LogP contribution is 2.29. The average molecular weight is 417 g/mol. The summed E-state index contributed by atoms with van der Waals surface area (Å²) >= 11 is 0. The maximum Gasteiger partial charge on any atom is 0.573 e. The molecule has 1 amide bonds. The van der Waals surface area contributed by atoms with Crippen molar-refractivity contribution in [1.29, 1.82) is 0 Å². The number of ether oxygens (including phenoxy) is 1. The number of alkyl halides is 3. The van der Waals surface area contributed by atoms with Crippen LogP contribution in [0.15, 0.2) is 76.8 Å². The van der Waals surface area contributed by atoms with Crippen LogP contribution in [0, 0.1) is 0 Å². The highest BCUT2D eigenvalue weighted by Gasteiger charge is 2.31. The summed E-state index contributed by atoms with van der Waals surface area (Å²) in [4.78, 5) is 23.7. The summed E-state index contributed by atoms with van der Waals surface area (Å²) in [5, 5.41) is 11.6. The third-order valence-corrected chi connectivity index (χ3v) is 3.78. The first-order chi connectivity index (χ1) is 14.2. The number of carboxylic acid groups (broad SMARTS) is 1. The first-order valence-electron chi connectivity index (χ1n) is 8.49. The van der Waals surface area contributed by atoms with Crippen molar-refractivity contribution < 1.29 is 37.0 Å². The van der Waals surface area contributed by atoms with Crippen molar-refractivity contribution in [1.82, 2.24) is 5.32 Å². The lowest BCUT2D eigenvalue weighted by Gasteiger charge is -2.09. The molecule has 1 heterocycles. The van der Waals surface area contributed by atoms with Crippen LogP contribution in [0.2, 0.25) is 0 Å². The molecule has 0 spiro atoms. The summed E-state index contributed by atoms with van der Waals surface area (Å²) in [6.45, 7) is 0. The Hall–Kier alpha value is -4.01. The van der Waals surface area contributed by atoms with Crippen LogP contribution >= 0.6 is 0 Å². The molecule has 3 aromatic rings. The van der Waals surface area contributed by atoms with Crippen molar-refractivity contribution in [3.05, 3.63) is 83.8 Å². The fraction of sp³-hybridized carbons (Fsp3) is 0.0476. The summed E-state index contributed by atoms with van der Waals surface area (Å²) in [7, 11) is 0. The van der Waals surface area contributed by atoms with Gasteiger partial charge in [0.2, 0.25) is 0 Å². The van der Waals surface area contributed by atoms with Gasteiger partial charge in [0.05, 0.1) is 0 Å². The molecule has 154 valence electrons. The molecule has 0 aliphatic rings. The predicted octanol–water partition coefficient (Wildman–Crippen LogP) is 4.70. The van der Waals surface area contributed by atoms with Crippen LogP contribution in [0.4, 0.5) is 13.2 Å². The molecule has 0 aliphatic carbocycles. The molecule has 30 heavy (non-hydrogen) atoms. The van der Waals surface area contributed by atoms with Gasteiger partial charge >= 0.3 is 12.3 Å². The van der Waals surface area contributed by atoms with E-state index in [1.165, 1.54) is 36.4 Å².